The van der Waals surface area contributed by atoms with E-state index in [1.54, 1.807) is 40.9 Å². The number of likely N-dealkylation sites (N-methyl/N-ethyl adjacent to an activating group) is 1. The number of carbonyl (C=O) groups excluding carboxylic acids is 3. The van der Waals surface area contributed by atoms with E-state index in [2.05, 4.69) is 27.1 Å². The van der Waals surface area contributed by atoms with Crippen molar-refractivity contribution in [3.05, 3.63) is 70.8 Å². The topological polar surface area (TPSA) is 87.0 Å². The van der Waals surface area contributed by atoms with Crippen LogP contribution in [0.3, 0.4) is 0 Å². The summed E-state index contributed by atoms with van der Waals surface area (Å²) in [7, 11) is 2.13. The van der Waals surface area contributed by atoms with Gasteiger partial charge in [0.05, 0.1) is 22.2 Å². The lowest BCUT2D eigenvalue weighted by molar-refractivity contribution is 0.0936. The number of hydrogen-bond donors (Lipinski definition) is 1. The van der Waals surface area contributed by atoms with Crippen LogP contribution in [0.4, 0.5) is 0 Å². The van der Waals surface area contributed by atoms with Crippen molar-refractivity contribution in [3.63, 3.8) is 0 Å². The second-order valence-corrected chi connectivity index (χ2v) is 8.37. The molecule has 4 heterocycles. The standard InChI is InChI=1S/C24H25N5O3/c1-27-12-14-28(15-13-27)10-5-9-26-24(32)18-17-7-2-3-11-29(17)21-19(18)22(30)16-6-4-8-25-20(16)23(21)31/h2-4,6-8,11H,5,9-10,12-15H2,1H3,(H,26,32). The fourth-order valence-corrected chi connectivity index (χ4v) is 4.56. The SMILES string of the molecule is CN1CCN(CCCNC(=O)c2c3c(n4ccccc24)C(=O)c2ncccc2C3=O)CC1. The summed E-state index contributed by atoms with van der Waals surface area (Å²) >= 11 is 0. The molecule has 0 spiro atoms. The Morgan fingerprint density at radius 1 is 1.06 bits per heavy atom. The maximum absolute atomic E-state index is 13.3. The number of rotatable bonds is 5. The molecule has 0 aromatic carbocycles. The Morgan fingerprint density at radius 2 is 1.88 bits per heavy atom. The van der Waals surface area contributed by atoms with E-state index in [1.165, 1.54) is 6.20 Å². The number of amides is 1. The number of hydrogen-bond acceptors (Lipinski definition) is 6. The van der Waals surface area contributed by atoms with Crippen LogP contribution >= 0.6 is 0 Å². The van der Waals surface area contributed by atoms with Crippen LogP contribution in [0.15, 0.2) is 42.7 Å². The summed E-state index contributed by atoms with van der Waals surface area (Å²) in [6.07, 6.45) is 4.03. The molecule has 8 nitrogen and oxygen atoms in total. The first kappa shape index (κ1) is 20.5. The fourth-order valence-electron chi connectivity index (χ4n) is 4.56. The summed E-state index contributed by atoms with van der Waals surface area (Å²) in [4.78, 5) is 48.6. The lowest BCUT2D eigenvalue weighted by Gasteiger charge is -2.32. The van der Waals surface area contributed by atoms with Gasteiger partial charge in [0.1, 0.15) is 11.4 Å². The average molecular weight is 431 g/mol. The number of pyridine rings is 2. The number of piperazine rings is 1. The molecule has 2 aliphatic rings. The summed E-state index contributed by atoms with van der Waals surface area (Å²) in [6.45, 7) is 5.60. The minimum atomic E-state index is -0.342. The Hall–Kier alpha value is -3.36. The van der Waals surface area contributed by atoms with Crippen molar-refractivity contribution in [2.75, 3.05) is 46.3 Å². The molecule has 0 bridgehead atoms. The Balaban J connectivity index is 1.40. The van der Waals surface area contributed by atoms with Gasteiger partial charge in [-0.25, -0.2) is 0 Å². The van der Waals surface area contributed by atoms with Crippen LogP contribution in [0, 0.1) is 0 Å². The second kappa shape index (κ2) is 8.29. The van der Waals surface area contributed by atoms with Gasteiger partial charge in [-0.1, -0.05) is 6.07 Å². The van der Waals surface area contributed by atoms with Gasteiger partial charge in [-0.15, -0.1) is 0 Å². The summed E-state index contributed by atoms with van der Waals surface area (Å²) < 4.78 is 1.63. The molecule has 0 atom stereocenters. The molecular formula is C24H25N5O3. The summed E-state index contributed by atoms with van der Waals surface area (Å²) in [5.74, 6) is -1.01. The van der Waals surface area contributed by atoms with Crippen LogP contribution in [0.25, 0.3) is 5.52 Å². The van der Waals surface area contributed by atoms with Gasteiger partial charge in [-0.2, -0.15) is 0 Å². The van der Waals surface area contributed by atoms with Crippen LogP contribution in [-0.4, -0.2) is 83.0 Å². The molecule has 1 aliphatic heterocycles. The molecule has 0 unspecified atom stereocenters. The quantitative estimate of drug-likeness (QED) is 0.482. The minimum absolute atomic E-state index is 0.132. The summed E-state index contributed by atoms with van der Waals surface area (Å²) in [5.41, 5.74) is 1.55. The van der Waals surface area contributed by atoms with E-state index in [4.69, 9.17) is 0 Å². The van der Waals surface area contributed by atoms with E-state index in [0.717, 1.165) is 39.1 Å². The van der Waals surface area contributed by atoms with E-state index in [-0.39, 0.29) is 45.6 Å². The molecule has 3 aromatic heterocycles. The van der Waals surface area contributed by atoms with E-state index >= 15 is 0 Å². The number of carbonyl (C=O) groups is 3. The van der Waals surface area contributed by atoms with E-state index < -0.39 is 0 Å². The van der Waals surface area contributed by atoms with Gasteiger partial charge in [0.15, 0.2) is 5.78 Å². The first-order chi connectivity index (χ1) is 15.6. The third-order valence-corrected chi connectivity index (χ3v) is 6.31. The van der Waals surface area contributed by atoms with Crippen molar-refractivity contribution in [1.29, 1.82) is 0 Å². The number of aromatic nitrogens is 2. The number of fused-ring (bicyclic) bond motifs is 4. The molecule has 164 valence electrons. The van der Waals surface area contributed by atoms with Crippen LogP contribution in [0.1, 0.15) is 48.9 Å². The number of nitrogens with one attached hydrogen (secondary N) is 1. The molecule has 1 saturated heterocycles. The minimum Gasteiger partial charge on any atom is -0.352 e. The summed E-state index contributed by atoms with van der Waals surface area (Å²) in [5, 5.41) is 2.97. The molecule has 5 rings (SSSR count). The molecule has 3 aromatic rings. The molecular weight excluding hydrogens is 406 g/mol. The zero-order valence-corrected chi connectivity index (χ0v) is 18.0. The molecule has 0 saturated carbocycles. The summed E-state index contributed by atoms with van der Waals surface area (Å²) in [6, 6.07) is 8.55. The van der Waals surface area contributed by atoms with Crippen LogP contribution in [-0.2, 0) is 0 Å². The molecule has 1 N–H and O–H groups in total. The van der Waals surface area contributed by atoms with Crippen molar-refractivity contribution in [2.45, 2.75) is 6.42 Å². The Labute approximate surface area is 185 Å². The molecule has 0 radical (unpaired) electrons. The highest BCUT2D eigenvalue weighted by atomic mass is 16.2. The van der Waals surface area contributed by atoms with Gasteiger partial charge < -0.3 is 19.5 Å². The van der Waals surface area contributed by atoms with Crippen LogP contribution in [0.5, 0.6) is 0 Å². The second-order valence-electron chi connectivity index (χ2n) is 8.37. The molecule has 1 fully saturated rings. The van der Waals surface area contributed by atoms with Crippen molar-refractivity contribution in [1.82, 2.24) is 24.5 Å². The van der Waals surface area contributed by atoms with Crippen molar-refractivity contribution in [3.8, 4) is 0 Å². The molecule has 1 aliphatic carbocycles. The third kappa shape index (κ3) is 3.41. The van der Waals surface area contributed by atoms with Gasteiger partial charge in [-0.05, 0) is 44.3 Å². The maximum atomic E-state index is 13.3. The van der Waals surface area contributed by atoms with Crippen LogP contribution < -0.4 is 5.32 Å². The Bertz CT molecular complexity index is 1220. The lowest BCUT2D eigenvalue weighted by atomic mass is 9.89. The number of nitrogens with zero attached hydrogens (tertiary/aromatic N) is 4. The van der Waals surface area contributed by atoms with Crippen molar-refractivity contribution >= 4 is 23.0 Å². The Morgan fingerprint density at radius 3 is 2.69 bits per heavy atom. The van der Waals surface area contributed by atoms with Gasteiger partial charge in [0.25, 0.3) is 5.91 Å². The fraction of sp³-hybridized carbons (Fsp3) is 0.333. The lowest BCUT2D eigenvalue weighted by Crippen LogP contribution is -2.45. The van der Waals surface area contributed by atoms with Gasteiger partial charge in [0, 0.05) is 45.1 Å². The predicted octanol–water partition coefficient (Wildman–Crippen LogP) is 1.48. The highest BCUT2D eigenvalue weighted by molar-refractivity contribution is 6.31. The van der Waals surface area contributed by atoms with Gasteiger partial charge >= 0.3 is 0 Å². The van der Waals surface area contributed by atoms with Crippen LogP contribution in [0.2, 0.25) is 0 Å². The third-order valence-electron chi connectivity index (χ3n) is 6.31. The first-order valence-corrected chi connectivity index (χ1v) is 10.9. The van der Waals surface area contributed by atoms with Crippen molar-refractivity contribution in [2.24, 2.45) is 0 Å². The highest BCUT2D eigenvalue weighted by Gasteiger charge is 2.38. The zero-order valence-electron chi connectivity index (χ0n) is 18.0. The normalized spacial score (nSPS) is 16.8. The molecule has 1 amide bonds. The largest absolute Gasteiger partial charge is 0.352 e. The zero-order chi connectivity index (χ0) is 22.2. The van der Waals surface area contributed by atoms with Crippen molar-refractivity contribution < 1.29 is 14.4 Å². The number of ketones is 2. The Kier molecular flexibility index (Phi) is 5.32. The van der Waals surface area contributed by atoms with Gasteiger partial charge in [0.2, 0.25) is 5.78 Å². The van der Waals surface area contributed by atoms with E-state index in [9.17, 15) is 14.4 Å². The smallest absolute Gasteiger partial charge is 0.254 e. The average Bonchev–Trinajstić information content (AvgIpc) is 3.17. The molecule has 8 heteroatoms. The highest BCUT2D eigenvalue weighted by Crippen LogP contribution is 2.32. The maximum Gasteiger partial charge on any atom is 0.254 e. The van der Waals surface area contributed by atoms with Gasteiger partial charge in [-0.3, -0.25) is 19.4 Å². The predicted molar refractivity (Wildman–Crippen MR) is 119 cm³/mol. The van der Waals surface area contributed by atoms with E-state index in [0.29, 0.717) is 12.1 Å². The first-order valence-electron chi connectivity index (χ1n) is 10.9. The van der Waals surface area contributed by atoms with E-state index in [1.807, 2.05) is 0 Å². The molecule has 32 heavy (non-hydrogen) atoms. The monoisotopic (exact) mass is 431 g/mol.